The van der Waals surface area contributed by atoms with Crippen molar-refractivity contribution in [3.05, 3.63) is 48.5 Å². The van der Waals surface area contributed by atoms with Crippen molar-refractivity contribution in [2.45, 2.75) is 84.5 Å². The molecule has 2 aromatic rings. The minimum absolute atomic E-state index is 0.792. The smallest absolute Gasteiger partial charge is 0.119 e. The highest BCUT2D eigenvalue weighted by molar-refractivity contribution is 5.65. The molecule has 0 saturated carbocycles. The average molecular weight is 396 g/mol. The summed E-state index contributed by atoms with van der Waals surface area (Å²) in [5, 5.41) is 0. The number of rotatable bonds is 16. The van der Waals surface area contributed by atoms with Crippen LogP contribution in [0.25, 0.3) is 11.1 Å². The van der Waals surface area contributed by atoms with Crippen LogP contribution < -0.4 is 9.47 Å². The molecule has 2 nitrogen and oxygen atoms in total. The van der Waals surface area contributed by atoms with Gasteiger partial charge in [-0.15, -0.1) is 0 Å². The van der Waals surface area contributed by atoms with Gasteiger partial charge in [-0.2, -0.15) is 0 Å². The highest BCUT2D eigenvalue weighted by atomic mass is 16.5. The fourth-order valence-electron chi connectivity index (χ4n) is 3.40. The maximum absolute atomic E-state index is 5.95. The lowest BCUT2D eigenvalue weighted by atomic mass is 10.1. The van der Waals surface area contributed by atoms with Gasteiger partial charge in [0, 0.05) is 0 Å². The Hall–Kier alpha value is -1.96. The van der Waals surface area contributed by atoms with Gasteiger partial charge in [0.15, 0.2) is 0 Å². The van der Waals surface area contributed by atoms with Crippen LogP contribution in [0.1, 0.15) is 84.5 Å². The predicted octanol–water partition coefficient (Wildman–Crippen LogP) is 8.24. The molecule has 0 bridgehead atoms. The van der Waals surface area contributed by atoms with E-state index in [1.54, 1.807) is 0 Å². The first-order valence-corrected chi connectivity index (χ1v) is 11.7. The van der Waals surface area contributed by atoms with Gasteiger partial charge < -0.3 is 9.47 Å². The second-order valence-corrected chi connectivity index (χ2v) is 7.84. The Morgan fingerprint density at radius 1 is 0.621 bits per heavy atom. The van der Waals surface area contributed by atoms with E-state index in [0.29, 0.717) is 0 Å². The fourth-order valence-corrected chi connectivity index (χ4v) is 3.40. The van der Waals surface area contributed by atoms with Crippen molar-refractivity contribution < 1.29 is 9.47 Å². The average Bonchev–Trinajstić information content (AvgIpc) is 2.76. The van der Waals surface area contributed by atoms with Crippen molar-refractivity contribution in [2.75, 3.05) is 13.2 Å². The summed E-state index contributed by atoms with van der Waals surface area (Å²) in [6.07, 6.45) is 14.0. The number of hydrogen-bond donors (Lipinski definition) is 0. The summed E-state index contributed by atoms with van der Waals surface area (Å²) in [5.41, 5.74) is 2.21. The third kappa shape index (κ3) is 9.87. The molecule has 0 heterocycles. The van der Waals surface area contributed by atoms with Crippen molar-refractivity contribution in [1.29, 1.82) is 0 Å². The molecule has 0 aromatic heterocycles. The number of benzene rings is 2. The lowest BCUT2D eigenvalue weighted by Gasteiger charge is -2.09. The van der Waals surface area contributed by atoms with Gasteiger partial charge in [0.05, 0.1) is 13.2 Å². The molecule has 2 heteroatoms. The molecule has 0 fully saturated rings. The third-order valence-corrected chi connectivity index (χ3v) is 5.22. The summed E-state index contributed by atoms with van der Waals surface area (Å²) >= 11 is 0. The monoisotopic (exact) mass is 395 g/mol. The number of hydrogen-bond acceptors (Lipinski definition) is 2. The van der Waals surface area contributed by atoms with Gasteiger partial charge in [-0.3, -0.25) is 0 Å². The van der Waals surface area contributed by atoms with Crippen LogP contribution in [-0.2, 0) is 0 Å². The van der Waals surface area contributed by atoms with Crippen LogP contribution in [0.15, 0.2) is 42.5 Å². The molecule has 0 aliphatic heterocycles. The zero-order chi connectivity index (χ0) is 20.6. The predicted molar refractivity (Wildman–Crippen MR) is 124 cm³/mol. The highest BCUT2D eigenvalue weighted by Crippen LogP contribution is 2.25. The van der Waals surface area contributed by atoms with E-state index in [1.807, 2.05) is 12.1 Å². The standard InChI is InChI=1S/C27H39O2/c1-3-5-7-9-11-13-22-29-27-16-14-15-25(23-27)24-17-19-26(20-18-24)28-21-12-10-8-6-4-2/h14,16-20,23H,3-13,21-22H2,1-2H3. The van der Waals surface area contributed by atoms with Crippen LogP contribution in [0, 0.1) is 6.07 Å². The van der Waals surface area contributed by atoms with E-state index >= 15 is 0 Å². The molecule has 1 radical (unpaired) electrons. The molecule has 0 N–H and O–H groups in total. The van der Waals surface area contributed by atoms with Gasteiger partial charge >= 0.3 is 0 Å². The summed E-state index contributed by atoms with van der Waals surface area (Å²) in [6, 6.07) is 17.7. The molecule has 0 amide bonds. The van der Waals surface area contributed by atoms with Gasteiger partial charge in [0.2, 0.25) is 0 Å². The van der Waals surface area contributed by atoms with Gasteiger partial charge in [-0.1, -0.05) is 89.8 Å². The number of unbranched alkanes of at least 4 members (excludes halogenated alkanes) is 9. The SMILES string of the molecule is CCCCCCCCOc1cc[c]c(-c2ccc(OCCCCCCC)cc2)c1. The molecule has 0 aliphatic rings. The van der Waals surface area contributed by atoms with E-state index in [0.717, 1.165) is 48.7 Å². The zero-order valence-electron chi connectivity index (χ0n) is 18.6. The molecule has 2 aromatic carbocycles. The Morgan fingerprint density at radius 2 is 1.17 bits per heavy atom. The van der Waals surface area contributed by atoms with Crippen LogP contribution >= 0.6 is 0 Å². The van der Waals surface area contributed by atoms with E-state index in [-0.39, 0.29) is 0 Å². The summed E-state index contributed by atoms with van der Waals surface area (Å²) in [7, 11) is 0. The molecule has 0 aliphatic carbocycles. The lowest BCUT2D eigenvalue weighted by Crippen LogP contribution is -1.98. The van der Waals surface area contributed by atoms with E-state index in [2.05, 4.69) is 50.2 Å². The maximum Gasteiger partial charge on any atom is 0.119 e. The van der Waals surface area contributed by atoms with E-state index in [9.17, 15) is 0 Å². The molecule has 0 atom stereocenters. The molecule has 2 rings (SSSR count). The van der Waals surface area contributed by atoms with E-state index in [1.165, 1.54) is 57.8 Å². The van der Waals surface area contributed by atoms with Gasteiger partial charge in [0.1, 0.15) is 11.5 Å². The zero-order valence-corrected chi connectivity index (χ0v) is 18.6. The van der Waals surface area contributed by atoms with Crippen LogP contribution in [0.3, 0.4) is 0 Å². The van der Waals surface area contributed by atoms with Crippen molar-refractivity contribution in [1.82, 2.24) is 0 Å². The summed E-state index contributed by atoms with van der Waals surface area (Å²) in [4.78, 5) is 0. The second-order valence-electron chi connectivity index (χ2n) is 7.84. The van der Waals surface area contributed by atoms with Crippen molar-refractivity contribution >= 4 is 0 Å². The Balaban J connectivity index is 1.73. The molecule has 159 valence electrons. The van der Waals surface area contributed by atoms with E-state index < -0.39 is 0 Å². The molecule has 0 unspecified atom stereocenters. The lowest BCUT2D eigenvalue weighted by molar-refractivity contribution is 0.304. The second kappa shape index (κ2) is 15.0. The third-order valence-electron chi connectivity index (χ3n) is 5.22. The highest BCUT2D eigenvalue weighted by Gasteiger charge is 2.02. The normalized spacial score (nSPS) is 10.8. The maximum atomic E-state index is 5.95. The summed E-state index contributed by atoms with van der Waals surface area (Å²) in [5.74, 6) is 1.87. The van der Waals surface area contributed by atoms with Gasteiger partial charge in [-0.25, -0.2) is 0 Å². The molecular weight excluding hydrogens is 356 g/mol. The minimum Gasteiger partial charge on any atom is -0.494 e. The Kier molecular flexibility index (Phi) is 12.0. The summed E-state index contributed by atoms with van der Waals surface area (Å²) < 4.78 is 11.8. The number of ether oxygens (including phenoxy) is 2. The first-order valence-electron chi connectivity index (χ1n) is 11.7. The Morgan fingerprint density at radius 3 is 1.79 bits per heavy atom. The van der Waals surface area contributed by atoms with Crippen LogP contribution in [0.4, 0.5) is 0 Å². The topological polar surface area (TPSA) is 18.5 Å². The van der Waals surface area contributed by atoms with Gasteiger partial charge in [-0.05, 0) is 54.3 Å². The Bertz CT molecular complexity index is 648. The molecular formula is C27H39O2. The quantitative estimate of drug-likeness (QED) is 0.266. The molecule has 29 heavy (non-hydrogen) atoms. The minimum atomic E-state index is 0.792. The first-order chi connectivity index (χ1) is 14.3. The van der Waals surface area contributed by atoms with Crippen molar-refractivity contribution in [2.24, 2.45) is 0 Å². The first kappa shape index (κ1) is 23.3. The van der Waals surface area contributed by atoms with Crippen LogP contribution in [-0.4, -0.2) is 13.2 Å². The largest absolute Gasteiger partial charge is 0.494 e. The Labute approximate surface area is 178 Å². The van der Waals surface area contributed by atoms with Crippen LogP contribution in [0.5, 0.6) is 11.5 Å². The van der Waals surface area contributed by atoms with Crippen molar-refractivity contribution in [3.63, 3.8) is 0 Å². The van der Waals surface area contributed by atoms with Gasteiger partial charge in [0.25, 0.3) is 0 Å². The van der Waals surface area contributed by atoms with Crippen LogP contribution in [0.2, 0.25) is 0 Å². The van der Waals surface area contributed by atoms with Crippen molar-refractivity contribution in [3.8, 4) is 22.6 Å². The van der Waals surface area contributed by atoms with E-state index in [4.69, 9.17) is 9.47 Å². The molecule has 0 spiro atoms. The molecule has 0 saturated heterocycles. The fraction of sp³-hybridized carbons (Fsp3) is 0.556. The summed E-state index contributed by atoms with van der Waals surface area (Å²) in [6.45, 7) is 6.09.